The van der Waals surface area contributed by atoms with Crippen LogP contribution < -0.4 is 24.8 Å². The van der Waals surface area contributed by atoms with Crippen LogP contribution in [0.5, 0.6) is 0 Å². The fraction of sp³-hybridized carbons (Fsp3) is 0.125. The third-order valence-corrected chi connectivity index (χ3v) is 1.05. The minimum Gasteiger partial charge on any atom is -1.00 e. The van der Waals surface area contributed by atoms with Crippen molar-refractivity contribution < 1.29 is 51.0 Å². The first kappa shape index (κ1) is 17.6. The van der Waals surface area contributed by atoms with E-state index in [1.807, 2.05) is 25.1 Å². The Morgan fingerprint density at radius 2 is 1.55 bits per heavy atom. The van der Waals surface area contributed by atoms with Crippen molar-refractivity contribution >= 4 is 6.08 Å². The minimum absolute atomic E-state index is 0. The normalized spacial score (nSPS) is 7.73. The van der Waals surface area contributed by atoms with Crippen molar-refractivity contribution in [3.05, 3.63) is 35.9 Å². The summed E-state index contributed by atoms with van der Waals surface area (Å²) >= 11 is 0. The van der Waals surface area contributed by atoms with Crippen LogP contribution in [-0.4, -0.2) is 0 Å². The summed E-state index contributed by atoms with van der Waals surface area (Å²) in [5, 5.41) is 0. The summed E-state index contributed by atoms with van der Waals surface area (Å²) in [6.07, 6.45) is 4.12. The van der Waals surface area contributed by atoms with Crippen LogP contribution in [0.2, 0.25) is 0 Å². The fourth-order valence-corrected chi connectivity index (χ4v) is 0.692. The second-order valence-electron chi connectivity index (χ2n) is 1.72. The molecule has 0 amide bonds. The Kier molecular flexibility index (Phi) is 16.9. The van der Waals surface area contributed by atoms with Gasteiger partial charge in [-0.05, 0) is 0 Å². The van der Waals surface area contributed by atoms with Crippen LogP contribution in [0.3, 0.4) is 0 Å². The number of halogens is 2. The molecule has 1 rings (SSSR count). The fourth-order valence-electron chi connectivity index (χ4n) is 0.692. The van der Waals surface area contributed by atoms with Gasteiger partial charge in [-0.3, -0.25) is 0 Å². The van der Waals surface area contributed by atoms with E-state index in [1.165, 1.54) is 5.56 Å². The van der Waals surface area contributed by atoms with Crippen molar-refractivity contribution in [2.75, 3.05) is 0 Å². The second-order valence-corrected chi connectivity index (χ2v) is 1.72. The Bertz CT molecular complexity index is 168. The Hall–Kier alpha value is 0.553. The summed E-state index contributed by atoms with van der Waals surface area (Å²) in [7, 11) is 0. The van der Waals surface area contributed by atoms with Crippen LogP contribution in [0.15, 0.2) is 30.3 Å². The largest absolute Gasteiger partial charge is 3.00 e. The zero-order valence-electron chi connectivity index (χ0n) is 6.22. The molecule has 0 saturated carbocycles. The third kappa shape index (κ3) is 6.93. The molecule has 0 aliphatic rings. The molecule has 0 unspecified atom stereocenters. The Labute approximate surface area is 99.4 Å². The predicted molar refractivity (Wildman–Crippen MR) is 36.7 cm³/mol. The number of hydrogen-bond donors (Lipinski definition) is 0. The van der Waals surface area contributed by atoms with E-state index in [0.29, 0.717) is 0 Å². The van der Waals surface area contributed by atoms with E-state index in [1.54, 1.807) is 0 Å². The van der Waals surface area contributed by atoms with E-state index in [4.69, 9.17) is 0 Å². The maximum atomic E-state index is 2.08. The summed E-state index contributed by atoms with van der Waals surface area (Å²) in [6.45, 7) is 2.02. The van der Waals surface area contributed by atoms with E-state index >= 15 is 0 Å². The summed E-state index contributed by atoms with van der Waals surface area (Å²) in [5.41, 5.74) is 1.28. The SMILES string of the molecule is CC=C[c-]1cccc1.[Cl-].[Cl-].[Zr+3]. The van der Waals surface area contributed by atoms with Crippen LogP contribution in [0, 0.1) is 0 Å². The third-order valence-electron chi connectivity index (χ3n) is 1.05. The van der Waals surface area contributed by atoms with Gasteiger partial charge in [-0.1, -0.05) is 6.92 Å². The first-order valence-corrected chi connectivity index (χ1v) is 2.78. The molecule has 0 aliphatic heterocycles. The van der Waals surface area contributed by atoms with Crippen molar-refractivity contribution in [3.8, 4) is 0 Å². The molecule has 1 radical (unpaired) electrons. The quantitative estimate of drug-likeness (QED) is 0.462. The number of rotatable bonds is 1. The Balaban J connectivity index is -0.000000213. The maximum absolute atomic E-state index is 2.08. The number of allylic oxidation sites excluding steroid dienone is 1. The molecule has 0 N–H and O–H groups in total. The second kappa shape index (κ2) is 10.6. The van der Waals surface area contributed by atoms with Gasteiger partial charge >= 0.3 is 26.2 Å². The Morgan fingerprint density at radius 3 is 1.91 bits per heavy atom. The molecule has 11 heavy (non-hydrogen) atoms. The van der Waals surface area contributed by atoms with E-state index < -0.39 is 0 Å². The molecule has 0 aromatic heterocycles. The molecule has 0 atom stereocenters. The molecule has 1 aromatic rings. The molecule has 0 aliphatic carbocycles. The van der Waals surface area contributed by atoms with Gasteiger partial charge in [0.05, 0.1) is 0 Å². The molecule has 0 heterocycles. The molecule has 3 heteroatoms. The van der Waals surface area contributed by atoms with Crippen molar-refractivity contribution in [2.45, 2.75) is 6.92 Å². The van der Waals surface area contributed by atoms with Gasteiger partial charge in [-0.2, -0.15) is 18.2 Å². The van der Waals surface area contributed by atoms with Crippen LogP contribution >= 0.6 is 0 Å². The van der Waals surface area contributed by atoms with E-state index in [2.05, 4.69) is 18.2 Å². The van der Waals surface area contributed by atoms with E-state index in [-0.39, 0.29) is 51.0 Å². The van der Waals surface area contributed by atoms with Crippen molar-refractivity contribution in [2.24, 2.45) is 0 Å². The zero-order chi connectivity index (χ0) is 5.82. The molecule has 59 valence electrons. The van der Waals surface area contributed by atoms with Gasteiger partial charge in [0.15, 0.2) is 0 Å². The van der Waals surface area contributed by atoms with Gasteiger partial charge in [-0.25, -0.2) is 0 Å². The molecule has 0 saturated heterocycles. The van der Waals surface area contributed by atoms with Gasteiger partial charge in [-0.15, -0.1) is 23.8 Å². The van der Waals surface area contributed by atoms with Crippen LogP contribution in [-0.2, 0) is 26.2 Å². The molecular formula is C8H9Cl2Zr. The summed E-state index contributed by atoms with van der Waals surface area (Å²) in [4.78, 5) is 0. The van der Waals surface area contributed by atoms with Crippen molar-refractivity contribution in [1.29, 1.82) is 0 Å². The molecule has 0 spiro atoms. The monoisotopic (exact) mass is 265 g/mol. The van der Waals surface area contributed by atoms with Crippen molar-refractivity contribution in [1.82, 2.24) is 0 Å². The van der Waals surface area contributed by atoms with Gasteiger partial charge in [0.2, 0.25) is 0 Å². The molecule has 0 nitrogen and oxygen atoms in total. The van der Waals surface area contributed by atoms with Crippen LogP contribution in [0.4, 0.5) is 0 Å². The predicted octanol–water partition coefficient (Wildman–Crippen LogP) is -3.56. The topological polar surface area (TPSA) is 0 Å². The van der Waals surface area contributed by atoms with Crippen LogP contribution in [0.1, 0.15) is 12.5 Å². The van der Waals surface area contributed by atoms with E-state index in [9.17, 15) is 0 Å². The smallest absolute Gasteiger partial charge is 1.00 e. The zero-order valence-corrected chi connectivity index (χ0v) is 10.2. The van der Waals surface area contributed by atoms with Gasteiger partial charge in [0.25, 0.3) is 0 Å². The van der Waals surface area contributed by atoms with Gasteiger partial charge in [0.1, 0.15) is 0 Å². The standard InChI is InChI=1S/C8H9.2ClH.Zr/c1-2-5-8-6-3-4-7-8;;;/h2-7H,1H3;2*1H;/q-1;;;+3/p-2. The average Bonchev–Trinajstić information content (AvgIpc) is 2.19. The van der Waals surface area contributed by atoms with Crippen molar-refractivity contribution in [3.63, 3.8) is 0 Å². The number of hydrogen-bond acceptors (Lipinski definition) is 0. The van der Waals surface area contributed by atoms with Gasteiger partial charge in [0, 0.05) is 0 Å². The molecular weight excluding hydrogens is 258 g/mol. The Morgan fingerprint density at radius 1 is 1.09 bits per heavy atom. The molecule has 0 bridgehead atoms. The summed E-state index contributed by atoms with van der Waals surface area (Å²) < 4.78 is 0. The summed E-state index contributed by atoms with van der Waals surface area (Å²) in [5.74, 6) is 0. The van der Waals surface area contributed by atoms with E-state index in [0.717, 1.165) is 0 Å². The van der Waals surface area contributed by atoms with Gasteiger partial charge < -0.3 is 24.8 Å². The maximum Gasteiger partial charge on any atom is 3.00 e. The molecule has 0 fully saturated rings. The minimum atomic E-state index is 0. The average molecular weight is 267 g/mol. The first-order valence-electron chi connectivity index (χ1n) is 2.78. The van der Waals surface area contributed by atoms with Crippen LogP contribution in [0.25, 0.3) is 6.08 Å². The molecule has 1 aromatic carbocycles. The first-order chi connectivity index (χ1) is 3.93. The summed E-state index contributed by atoms with van der Waals surface area (Å²) in [6, 6.07) is 8.24.